The largest absolute Gasteiger partial charge is 0.389 e. The summed E-state index contributed by atoms with van der Waals surface area (Å²) in [5.74, 6) is 1.66. The van der Waals surface area contributed by atoms with Gasteiger partial charge in [0.15, 0.2) is 0 Å². The normalized spacial score (nSPS) is 28.3. The van der Waals surface area contributed by atoms with Gasteiger partial charge in [-0.1, -0.05) is 26.2 Å². The Kier molecular flexibility index (Phi) is 6.32. The highest BCUT2D eigenvalue weighted by Gasteiger charge is 2.22. The summed E-state index contributed by atoms with van der Waals surface area (Å²) in [5.41, 5.74) is 0. The Labute approximate surface area is 99.8 Å². The molecule has 0 aromatic carbocycles. The van der Waals surface area contributed by atoms with Crippen molar-refractivity contribution in [1.29, 1.82) is 0 Å². The zero-order valence-electron chi connectivity index (χ0n) is 11.0. The lowest BCUT2D eigenvalue weighted by Crippen LogP contribution is -2.37. The molecule has 0 aliphatic heterocycles. The van der Waals surface area contributed by atoms with Gasteiger partial charge in [0.1, 0.15) is 0 Å². The molecule has 96 valence electrons. The summed E-state index contributed by atoms with van der Waals surface area (Å²) in [6.45, 7) is 4.63. The number of rotatable bonds is 6. The van der Waals surface area contributed by atoms with Gasteiger partial charge >= 0.3 is 0 Å². The van der Waals surface area contributed by atoms with Crippen molar-refractivity contribution in [2.24, 2.45) is 11.8 Å². The van der Waals surface area contributed by atoms with Crippen molar-refractivity contribution in [3.05, 3.63) is 0 Å². The lowest BCUT2D eigenvalue weighted by molar-refractivity contribution is 0.0365. The van der Waals surface area contributed by atoms with Gasteiger partial charge in [-0.3, -0.25) is 0 Å². The van der Waals surface area contributed by atoms with E-state index in [2.05, 4.69) is 18.9 Å². The van der Waals surface area contributed by atoms with Gasteiger partial charge in [-0.25, -0.2) is 0 Å². The number of aliphatic hydroxyl groups excluding tert-OH is 1. The molecule has 0 aromatic heterocycles. The summed E-state index contributed by atoms with van der Waals surface area (Å²) >= 11 is 0. The molecule has 0 spiro atoms. The summed E-state index contributed by atoms with van der Waals surface area (Å²) in [6, 6.07) is 0. The predicted molar refractivity (Wildman–Crippen MR) is 66.5 cm³/mol. The van der Waals surface area contributed by atoms with Gasteiger partial charge in [-0.05, 0) is 25.3 Å². The summed E-state index contributed by atoms with van der Waals surface area (Å²) in [5, 5.41) is 9.65. The van der Waals surface area contributed by atoms with Gasteiger partial charge in [0.2, 0.25) is 0 Å². The maximum atomic E-state index is 9.65. The van der Waals surface area contributed by atoms with Gasteiger partial charge < -0.3 is 14.7 Å². The molecule has 1 fully saturated rings. The molecule has 3 heteroatoms. The predicted octanol–water partition coefficient (Wildman–Crippen LogP) is 1.75. The number of aliphatic hydroxyl groups is 1. The van der Waals surface area contributed by atoms with Crippen molar-refractivity contribution in [2.45, 2.75) is 38.7 Å². The lowest BCUT2D eigenvalue weighted by atomic mass is 9.80. The van der Waals surface area contributed by atoms with Crippen LogP contribution in [0, 0.1) is 11.8 Å². The first kappa shape index (κ1) is 13.9. The van der Waals surface area contributed by atoms with E-state index in [1.165, 1.54) is 25.7 Å². The number of likely N-dealkylation sites (N-methyl/N-ethyl adjacent to an activating group) is 1. The molecule has 1 aliphatic carbocycles. The number of methoxy groups -OCH3 is 1. The molecule has 0 aromatic rings. The maximum absolute atomic E-state index is 9.65. The Morgan fingerprint density at radius 3 is 2.69 bits per heavy atom. The Bertz CT molecular complexity index is 187. The van der Waals surface area contributed by atoms with E-state index < -0.39 is 0 Å². The van der Waals surface area contributed by atoms with Crippen LogP contribution >= 0.6 is 0 Å². The molecule has 0 saturated heterocycles. The first-order chi connectivity index (χ1) is 7.63. The van der Waals surface area contributed by atoms with Crippen LogP contribution in [0.25, 0.3) is 0 Å². The third-order valence-electron chi connectivity index (χ3n) is 3.72. The first-order valence-corrected chi connectivity index (χ1v) is 6.49. The smallest absolute Gasteiger partial charge is 0.0899 e. The molecule has 16 heavy (non-hydrogen) atoms. The molecule has 1 rings (SSSR count). The van der Waals surface area contributed by atoms with E-state index in [1.807, 2.05) is 0 Å². The van der Waals surface area contributed by atoms with E-state index in [4.69, 9.17) is 4.74 Å². The van der Waals surface area contributed by atoms with E-state index in [-0.39, 0.29) is 6.10 Å². The molecule has 1 aliphatic rings. The molecule has 1 N–H and O–H groups in total. The third kappa shape index (κ3) is 4.81. The summed E-state index contributed by atoms with van der Waals surface area (Å²) < 4.78 is 4.94. The van der Waals surface area contributed by atoms with Gasteiger partial charge in [0, 0.05) is 20.2 Å². The van der Waals surface area contributed by atoms with Crippen LogP contribution < -0.4 is 0 Å². The second-order valence-corrected chi connectivity index (χ2v) is 5.35. The average Bonchev–Trinajstić information content (AvgIpc) is 2.21. The molecule has 0 heterocycles. The maximum Gasteiger partial charge on any atom is 0.0899 e. The Morgan fingerprint density at radius 2 is 2.06 bits per heavy atom. The second kappa shape index (κ2) is 7.25. The summed E-state index contributed by atoms with van der Waals surface area (Å²) in [7, 11) is 3.73. The number of hydrogen-bond acceptors (Lipinski definition) is 3. The van der Waals surface area contributed by atoms with Crippen LogP contribution in [0.4, 0.5) is 0 Å². The van der Waals surface area contributed by atoms with Crippen LogP contribution in [-0.4, -0.2) is 50.0 Å². The fourth-order valence-corrected chi connectivity index (χ4v) is 2.74. The molecule has 0 amide bonds. The Balaban J connectivity index is 2.24. The van der Waals surface area contributed by atoms with Crippen molar-refractivity contribution < 1.29 is 9.84 Å². The highest BCUT2D eigenvalue weighted by Crippen LogP contribution is 2.29. The third-order valence-corrected chi connectivity index (χ3v) is 3.72. The van der Waals surface area contributed by atoms with E-state index in [1.54, 1.807) is 7.11 Å². The first-order valence-electron chi connectivity index (χ1n) is 6.49. The Hall–Kier alpha value is -0.120. The minimum atomic E-state index is -0.353. The quantitative estimate of drug-likeness (QED) is 0.753. The van der Waals surface area contributed by atoms with Crippen molar-refractivity contribution in [2.75, 3.05) is 33.9 Å². The highest BCUT2D eigenvalue weighted by atomic mass is 16.5. The van der Waals surface area contributed by atoms with Crippen LogP contribution in [-0.2, 0) is 4.74 Å². The highest BCUT2D eigenvalue weighted by molar-refractivity contribution is 4.75. The van der Waals surface area contributed by atoms with Gasteiger partial charge in [0.05, 0.1) is 12.7 Å². The van der Waals surface area contributed by atoms with Crippen molar-refractivity contribution in [3.63, 3.8) is 0 Å². The number of hydrogen-bond donors (Lipinski definition) is 1. The minimum absolute atomic E-state index is 0.353. The molecule has 1 saturated carbocycles. The van der Waals surface area contributed by atoms with Crippen LogP contribution in [0.15, 0.2) is 0 Å². The van der Waals surface area contributed by atoms with E-state index in [9.17, 15) is 5.11 Å². The fraction of sp³-hybridized carbons (Fsp3) is 1.00. The minimum Gasteiger partial charge on any atom is -0.389 e. The van der Waals surface area contributed by atoms with E-state index in [0.29, 0.717) is 6.61 Å². The van der Waals surface area contributed by atoms with E-state index in [0.717, 1.165) is 24.9 Å². The van der Waals surface area contributed by atoms with E-state index >= 15 is 0 Å². The van der Waals surface area contributed by atoms with Crippen molar-refractivity contribution in [1.82, 2.24) is 4.90 Å². The van der Waals surface area contributed by atoms with Crippen LogP contribution in [0.1, 0.15) is 32.6 Å². The molecule has 3 atom stereocenters. The summed E-state index contributed by atoms with van der Waals surface area (Å²) in [6.07, 6.45) is 5.15. The molecule has 0 unspecified atom stereocenters. The van der Waals surface area contributed by atoms with Crippen LogP contribution in [0.3, 0.4) is 0 Å². The molecule has 3 nitrogen and oxygen atoms in total. The number of ether oxygens (including phenoxy) is 1. The standard InChI is InChI=1S/C13H27NO2/c1-11-6-4-5-7-12(11)8-14(2)9-13(15)10-16-3/h11-13,15H,4-10H2,1-3H3/t11-,12+,13-/m1/s1. The zero-order chi connectivity index (χ0) is 12.0. The molecule has 0 radical (unpaired) electrons. The van der Waals surface area contributed by atoms with Crippen LogP contribution in [0.5, 0.6) is 0 Å². The van der Waals surface area contributed by atoms with Crippen molar-refractivity contribution >= 4 is 0 Å². The fourth-order valence-electron chi connectivity index (χ4n) is 2.74. The Morgan fingerprint density at radius 1 is 1.38 bits per heavy atom. The molecule has 0 bridgehead atoms. The topological polar surface area (TPSA) is 32.7 Å². The van der Waals surface area contributed by atoms with Gasteiger partial charge in [-0.15, -0.1) is 0 Å². The second-order valence-electron chi connectivity index (χ2n) is 5.35. The van der Waals surface area contributed by atoms with Gasteiger partial charge in [0.25, 0.3) is 0 Å². The average molecular weight is 229 g/mol. The molecular weight excluding hydrogens is 202 g/mol. The SMILES string of the molecule is COC[C@H](O)CN(C)C[C@@H]1CCCC[C@H]1C. The monoisotopic (exact) mass is 229 g/mol. The number of nitrogens with zero attached hydrogens (tertiary/aromatic N) is 1. The zero-order valence-corrected chi connectivity index (χ0v) is 11.0. The summed E-state index contributed by atoms with van der Waals surface area (Å²) in [4.78, 5) is 2.25. The van der Waals surface area contributed by atoms with Gasteiger partial charge in [-0.2, -0.15) is 0 Å². The molecular formula is C13H27NO2. The lowest BCUT2D eigenvalue weighted by Gasteiger charge is -2.32. The van der Waals surface area contributed by atoms with Crippen molar-refractivity contribution in [3.8, 4) is 0 Å². The van der Waals surface area contributed by atoms with Crippen LogP contribution in [0.2, 0.25) is 0 Å².